The van der Waals surface area contributed by atoms with Crippen LogP contribution in [0.2, 0.25) is 5.02 Å². The summed E-state index contributed by atoms with van der Waals surface area (Å²) >= 11 is 7.36. The Bertz CT molecular complexity index is 1340. The van der Waals surface area contributed by atoms with E-state index >= 15 is 0 Å². The number of hydrogen-bond acceptors (Lipinski definition) is 5. The van der Waals surface area contributed by atoms with Gasteiger partial charge in [-0.25, -0.2) is 9.37 Å². The molecule has 0 N–H and O–H groups in total. The fraction of sp³-hybridized carbons (Fsp3) is 0.0800. The normalized spacial score (nSPS) is 11.5. The molecule has 5 nitrogen and oxygen atoms in total. The molecule has 0 aliphatic rings. The van der Waals surface area contributed by atoms with Crippen LogP contribution in [0.15, 0.2) is 77.9 Å². The van der Waals surface area contributed by atoms with Gasteiger partial charge in [0.25, 0.3) is 5.91 Å². The number of benzene rings is 3. The van der Waals surface area contributed by atoms with E-state index in [4.69, 9.17) is 16.3 Å². The van der Waals surface area contributed by atoms with E-state index in [9.17, 15) is 9.18 Å². The van der Waals surface area contributed by atoms with Gasteiger partial charge in [0.05, 0.1) is 23.0 Å². The fourth-order valence-corrected chi connectivity index (χ4v) is 4.11. The molecular formula is C25H19ClFN3O2S. The number of fused-ring (bicyclic) bond motifs is 1. The number of anilines is 1. The van der Waals surface area contributed by atoms with Crippen LogP contribution in [0.1, 0.15) is 18.1 Å². The smallest absolute Gasteiger partial charge is 0.273 e. The van der Waals surface area contributed by atoms with Crippen LogP contribution >= 0.6 is 22.9 Å². The molecular weight excluding hydrogens is 461 g/mol. The van der Waals surface area contributed by atoms with Gasteiger partial charge in [-0.3, -0.25) is 4.79 Å². The zero-order chi connectivity index (χ0) is 23.2. The first kappa shape index (κ1) is 22.6. The molecule has 0 radical (unpaired) electrons. The topological polar surface area (TPSA) is 54.8 Å². The molecule has 0 aliphatic carbocycles. The van der Waals surface area contributed by atoms with Crippen molar-refractivity contribution in [2.45, 2.75) is 6.92 Å². The summed E-state index contributed by atoms with van der Waals surface area (Å²) in [6, 6.07) is 18.8. The van der Waals surface area contributed by atoms with Crippen molar-refractivity contribution in [2.24, 2.45) is 5.10 Å². The third-order valence-corrected chi connectivity index (χ3v) is 5.89. The highest BCUT2D eigenvalue weighted by atomic mass is 35.5. The standard InChI is InChI=1S/C25H19ClFN3O2S/c1-2-32-20-11-7-17(8-12-20)16-28-30(24(31)14-9-18-5-3-4-6-21(18)26)25-29-22-13-10-19(27)15-23(22)33-25/h3-16H,2H2,1H3/b14-9+,28-16+. The number of amides is 1. The Hall–Kier alpha value is -3.55. The van der Waals surface area contributed by atoms with E-state index in [-0.39, 0.29) is 5.82 Å². The van der Waals surface area contributed by atoms with Gasteiger partial charge in [0.2, 0.25) is 5.13 Å². The minimum atomic E-state index is -0.420. The lowest BCUT2D eigenvalue weighted by atomic mass is 10.2. The molecule has 4 aromatic rings. The predicted octanol–water partition coefficient (Wildman–Crippen LogP) is 6.57. The van der Waals surface area contributed by atoms with Crippen LogP contribution in [-0.2, 0) is 4.79 Å². The second kappa shape index (κ2) is 10.4. The van der Waals surface area contributed by atoms with Crippen LogP contribution < -0.4 is 9.75 Å². The summed E-state index contributed by atoms with van der Waals surface area (Å²) in [5.41, 5.74) is 2.06. The highest BCUT2D eigenvalue weighted by Crippen LogP contribution is 2.30. The monoisotopic (exact) mass is 479 g/mol. The number of carbonyl (C=O) groups is 1. The van der Waals surface area contributed by atoms with Gasteiger partial charge >= 0.3 is 0 Å². The van der Waals surface area contributed by atoms with Gasteiger partial charge in [-0.15, -0.1) is 0 Å². The van der Waals surface area contributed by atoms with Crippen molar-refractivity contribution < 1.29 is 13.9 Å². The molecule has 8 heteroatoms. The van der Waals surface area contributed by atoms with Gasteiger partial charge in [-0.2, -0.15) is 10.1 Å². The highest BCUT2D eigenvalue weighted by molar-refractivity contribution is 7.22. The van der Waals surface area contributed by atoms with Crippen molar-refractivity contribution in [1.82, 2.24) is 4.98 Å². The SMILES string of the molecule is CCOc1ccc(/C=N/N(C(=O)/C=C/c2ccccc2Cl)c2nc3ccc(F)cc3s2)cc1. The first-order valence-corrected chi connectivity index (χ1v) is 11.3. The van der Waals surface area contributed by atoms with Gasteiger partial charge in [0.1, 0.15) is 11.6 Å². The molecule has 0 spiro atoms. The van der Waals surface area contributed by atoms with Gasteiger partial charge in [0, 0.05) is 11.1 Å². The minimum absolute atomic E-state index is 0.326. The van der Waals surface area contributed by atoms with E-state index in [0.29, 0.717) is 32.5 Å². The number of nitrogens with zero attached hydrogens (tertiary/aromatic N) is 3. The van der Waals surface area contributed by atoms with E-state index in [1.54, 1.807) is 30.5 Å². The quantitative estimate of drug-likeness (QED) is 0.171. The van der Waals surface area contributed by atoms with Crippen LogP contribution in [-0.4, -0.2) is 23.7 Å². The summed E-state index contributed by atoms with van der Waals surface area (Å²) in [5, 5.41) is 6.42. The first-order chi connectivity index (χ1) is 16.0. The molecule has 0 atom stereocenters. The number of thiazole rings is 1. The van der Waals surface area contributed by atoms with Crippen molar-refractivity contribution in [3.8, 4) is 5.75 Å². The second-order valence-corrected chi connectivity index (χ2v) is 8.28. The van der Waals surface area contributed by atoms with E-state index in [1.807, 2.05) is 43.3 Å². The van der Waals surface area contributed by atoms with Gasteiger partial charge in [-0.1, -0.05) is 41.1 Å². The molecule has 33 heavy (non-hydrogen) atoms. The van der Waals surface area contributed by atoms with Crippen LogP contribution in [0, 0.1) is 5.82 Å². The lowest BCUT2D eigenvalue weighted by Crippen LogP contribution is -2.23. The van der Waals surface area contributed by atoms with Crippen LogP contribution in [0.25, 0.3) is 16.3 Å². The summed E-state index contributed by atoms with van der Waals surface area (Å²) in [6.45, 7) is 2.49. The number of ether oxygens (including phenoxy) is 1. The van der Waals surface area contributed by atoms with Crippen LogP contribution in [0.4, 0.5) is 9.52 Å². The molecule has 1 amide bonds. The van der Waals surface area contributed by atoms with E-state index < -0.39 is 5.91 Å². The van der Waals surface area contributed by atoms with Gasteiger partial charge in [0.15, 0.2) is 0 Å². The van der Waals surface area contributed by atoms with Crippen LogP contribution in [0.3, 0.4) is 0 Å². The molecule has 4 rings (SSSR count). The fourth-order valence-electron chi connectivity index (χ4n) is 2.96. The predicted molar refractivity (Wildman–Crippen MR) is 133 cm³/mol. The number of halogens is 2. The zero-order valence-electron chi connectivity index (χ0n) is 17.6. The third-order valence-electron chi connectivity index (χ3n) is 4.55. The molecule has 0 unspecified atom stereocenters. The molecule has 0 saturated carbocycles. The van der Waals surface area contributed by atoms with Crippen LogP contribution in [0.5, 0.6) is 5.75 Å². The molecule has 1 aromatic heterocycles. The Balaban J connectivity index is 1.66. The maximum absolute atomic E-state index is 13.6. The Kier molecular flexibility index (Phi) is 7.12. The summed E-state index contributed by atoms with van der Waals surface area (Å²) in [5.74, 6) is -0.0397. The number of hydrogen-bond donors (Lipinski definition) is 0. The molecule has 0 fully saturated rings. The largest absolute Gasteiger partial charge is 0.494 e. The third kappa shape index (κ3) is 5.63. The number of carbonyl (C=O) groups excluding carboxylic acids is 1. The van der Waals surface area contributed by atoms with Crippen molar-refractivity contribution in [2.75, 3.05) is 11.6 Å². The van der Waals surface area contributed by atoms with Crippen molar-refractivity contribution in [1.29, 1.82) is 0 Å². The molecule has 1 heterocycles. The maximum atomic E-state index is 13.6. The van der Waals surface area contributed by atoms with Crippen molar-refractivity contribution >= 4 is 56.5 Å². The van der Waals surface area contributed by atoms with E-state index in [0.717, 1.165) is 11.3 Å². The van der Waals surface area contributed by atoms with E-state index in [2.05, 4.69) is 10.1 Å². The summed E-state index contributed by atoms with van der Waals surface area (Å²) < 4.78 is 19.7. The van der Waals surface area contributed by atoms with Crippen molar-refractivity contribution in [3.05, 3.63) is 94.8 Å². The van der Waals surface area contributed by atoms with Gasteiger partial charge in [-0.05, 0) is 72.7 Å². The lowest BCUT2D eigenvalue weighted by molar-refractivity contribution is -0.114. The molecule has 0 saturated heterocycles. The highest BCUT2D eigenvalue weighted by Gasteiger charge is 2.17. The minimum Gasteiger partial charge on any atom is -0.494 e. The summed E-state index contributed by atoms with van der Waals surface area (Å²) in [6.07, 6.45) is 4.56. The molecule has 3 aromatic carbocycles. The van der Waals surface area contributed by atoms with Crippen molar-refractivity contribution in [3.63, 3.8) is 0 Å². The van der Waals surface area contributed by atoms with Gasteiger partial charge < -0.3 is 4.74 Å². The Morgan fingerprint density at radius 3 is 2.73 bits per heavy atom. The summed E-state index contributed by atoms with van der Waals surface area (Å²) in [4.78, 5) is 17.5. The molecule has 0 bridgehead atoms. The number of aromatic nitrogens is 1. The zero-order valence-corrected chi connectivity index (χ0v) is 19.2. The molecule has 166 valence electrons. The average molecular weight is 480 g/mol. The second-order valence-electron chi connectivity index (χ2n) is 6.86. The Labute approximate surface area is 199 Å². The maximum Gasteiger partial charge on any atom is 0.273 e. The Morgan fingerprint density at radius 1 is 1.18 bits per heavy atom. The lowest BCUT2D eigenvalue weighted by Gasteiger charge is -2.11. The Morgan fingerprint density at radius 2 is 1.97 bits per heavy atom. The molecule has 0 aliphatic heterocycles. The number of hydrazone groups is 1. The average Bonchev–Trinajstić information content (AvgIpc) is 3.22. The first-order valence-electron chi connectivity index (χ1n) is 10.1. The summed E-state index contributed by atoms with van der Waals surface area (Å²) in [7, 11) is 0. The van der Waals surface area contributed by atoms with E-state index in [1.165, 1.54) is 34.6 Å². The number of rotatable bonds is 7.